The zero-order valence-corrected chi connectivity index (χ0v) is 16.8. The van der Waals surface area contributed by atoms with Gasteiger partial charge in [-0.2, -0.15) is 0 Å². The van der Waals surface area contributed by atoms with Crippen LogP contribution in [-0.4, -0.2) is 53.3 Å². The second-order valence-electron chi connectivity index (χ2n) is 6.99. The molecule has 1 aliphatic rings. The van der Waals surface area contributed by atoms with Crippen molar-refractivity contribution in [2.45, 2.75) is 38.8 Å². The Labute approximate surface area is 167 Å². The number of hydrogen-bond acceptors (Lipinski definition) is 6. The number of nitrogens with zero attached hydrogens (tertiary/aromatic N) is 2. The first-order chi connectivity index (χ1) is 13.4. The summed E-state index contributed by atoms with van der Waals surface area (Å²) < 4.78 is 5.95. The van der Waals surface area contributed by atoms with E-state index in [9.17, 15) is 14.4 Å². The standard InChI is InChI=1S/C19H24N4O4S/c1-11(2)22-18(26)17-16(12-4-3-7-21-19(12)28-17)13-10-23(8-9-27-13)15(25)6-5-14(20)24/h3-4,7,11,13H,5-6,8-10H2,1-2H3,(H2,20,24)(H,22,26)/t13-/m0/s1. The van der Waals surface area contributed by atoms with Gasteiger partial charge in [-0.1, -0.05) is 6.07 Å². The highest BCUT2D eigenvalue weighted by Crippen LogP contribution is 2.37. The minimum absolute atomic E-state index is 0.00216. The van der Waals surface area contributed by atoms with Crippen LogP contribution in [0, 0.1) is 0 Å². The molecule has 3 heterocycles. The molecule has 3 amide bonds. The van der Waals surface area contributed by atoms with Crippen LogP contribution < -0.4 is 11.1 Å². The van der Waals surface area contributed by atoms with Crippen LogP contribution in [0.4, 0.5) is 0 Å². The molecule has 3 N–H and O–H groups in total. The van der Waals surface area contributed by atoms with E-state index in [1.54, 1.807) is 11.1 Å². The van der Waals surface area contributed by atoms with Gasteiger partial charge < -0.3 is 20.7 Å². The van der Waals surface area contributed by atoms with Crippen molar-refractivity contribution in [3.05, 3.63) is 28.8 Å². The first kappa shape index (κ1) is 20.2. The van der Waals surface area contributed by atoms with Crippen LogP contribution in [0.1, 0.15) is 48.0 Å². The molecule has 1 saturated heterocycles. The predicted octanol–water partition coefficient (Wildman–Crippen LogP) is 1.60. The Kier molecular flexibility index (Phi) is 6.25. The van der Waals surface area contributed by atoms with E-state index in [0.717, 1.165) is 15.8 Å². The second-order valence-corrected chi connectivity index (χ2v) is 7.99. The summed E-state index contributed by atoms with van der Waals surface area (Å²) in [6, 6.07) is 3.73. The molecule has 2 aromatic heterocycles. The van der Waals surface area contributed by atoms with Gasteiger partial charge in [0.05, 0.1) is 13.2 Å². The van der Waals surface area contributed by atoms with E-state index in [2.05, 4.69) is 10.3 Å². The van der Waals surface area contributed by atoms with Gasteiger partial charge in [-0.3, -0.25) is 14.4 Å². The Balaban J connectivity index is 1.90. The van der Waals surface area contributed by atoms with Crippen LogP contribution in [0.25, 0.3) is 10.2 Å². The number of carbonyl (C=O) groups is 3. The van der Waals surface area contributed by atoms with Gasteiger partial charge in [0.2, 0.25) is 11.8 Å². The minimum Gasteiger partial charge on any atom is -0.370 e. The van der Waals surface area contributed by atoms with Gasteiger partial charge in [-0.15, -0.1) is 11.3 Å². The molecule has 0 aliphatic carbocycles. The first-order valence-corrected chi connectivity index (χ1v) is 10.0. The van der Waals surface area contributed by atoms with Gasteiger partial charge in [0, 0.05) is 42.6 Å². The van der Waals surface area contributed by atoms with Crippen molar-refractivity contribution in [3.63, 3.8) is 0 Å². The van der Waals surface area contributed by atoms with Crippen molar-refractivity contribution in [2.24, 2.45) is 5.73 Å². The molecule has 9 heteroatoms. The number of nitrogens with one attached hydrogen (secondary N) is 1. The van der Waals surface area contributed by atoms with Crippen molar-refractivity contribution >= 4 is 39.3 Å². The Hall–Kier alpha value is -2.52. The lowest BCUT2D eigenvalue weighted by Gasteiger charge is -2.33. The molecule has 0 unspecified atom stereocenters. The molecule has 0 radical (unpaired) electrons. The quantitative estimate of drug-likeness (QED) is 0.759. The molecular formula is C19H24N4O4S. The van der Waals surface area contributed by atoms with Crippen LogP contribution in [0.5, 0.6) is 0 Å². The third-order valence-electron chi connectivity index (χ3n) is 4.46. The van der Waals surface area contributed by atoms with Crippen molar-refractivity contribution in [1.29, 1.82) is 0 Å². The van der Waals surface area contributed by atoms with Crippen LogP contribution in [0.3, 0.4) is 0 Å². The number of carbonyl (C=O) groups excluding carboxylic acids is 3. The number of aromatic nitrogens is 1. The maximum absolute atomic E-state index is 12.8. The molecule has 1 atom stereocenters. The summed E-state index contributed by atoms with van der Waals surface area (Å²) in [5.41, 5.74) is 5.91. The Morgan fingerprint density at radius 2 is 2.18 bits per heavy atom. The van der Waals surface area contributed by atoms with E-state index in [1.807, 2.05) is 26.0 Å². The van der Waals surface area contributed by atoms with Crippen LogP contribution >= 0.6 is 11.3 Å². The summed E-state index contributed by atoms with van der Waals surface area (Å²) >= 11 is 1.32. The Bertz CT molecular complexity index is 895. The monoisotopic (exact) mass is 404 g/mol. The molecule has 1 aliphatic heterocycles. The molecule has 0 bridgehead atoms. The molecule has 3 rings (SSSR count). The molecule has 28 heavy (non-hydrogen) atoms. The zero-order chi connectivity index (χ0) is 20.3. The van der Waals surface area contributed by atoms with Gasteiger partial charge in [0.1, 0.15) is 15.8 Å². The number of hydrogen-bond donors (Lipinski definition) is 2. The van der Waals surface area contributed by atoms with E-state index >= 15 is 0 Å². The van der Waals surface area contributed by atoms with Gasteiger partial charge >= 0.3 is 0 Å². The van der Waals surface area contributed by atoms with Gasteiger partial charge in [0.25, 0.3) is 5.91 Å². The third-order valence-corrected chi connectivity index (χ3v) is 5.59. The Morgan fingerprint density at radius 1 is 1.39 bits per heavy atom. The van der Waals surface area contributed by atoms with Gasteiger partial charge in [-0.25, -0.2) is 4.98 Å². The van der Waals surface area contributed by atoms with Gasteiger partial charge in [-0.05, 0) is 19.9 Å². The highest BCUT2D eigenvalue weighted by Gasteiger charge is 2.31. The fourth-order valence-electron chi connectivity index (χ4n) is 3.21. The summed E-state index contributed by atoms with van der Waals surface area (Å²) in [7, 11) is 0. The number of nitrogens with two attached hydrogens (primary N) is 1. The molecule has 8 nitrogen and oxygen atoms in total. The highest BCUT2D eigenvalue weighted by atomic mass is 32.1. The van der Waals surface area contributed by atoms with E-state index < -0.39 is 12.0 Å². The minimum atomic E-state index is -0.499. The van der Waals surface area contributed by atoms with Crippen molar-refractivity contribution in [1.82, 2.24) is 15.2 Å². The molecule has 2 aromatic rings. The summed E-state index contributed by atoms with van der Waals surface area (Å²) in [6.45, 7) is 4.93. The second kappa shape index (κ2) is 8.66. The normalized spacial score (nSPS) is 17.1. The lowest BCUT2D eigenvalue weighted by molar-refractivity contribution is -0.140. The number of pyridine rings is 1. The number of amides is 3. The molecule has 1 fully saturated rings. The SMILES string of the molecule is CC(C)NC(=O)c1sc2ncccc2c1[C@@H]1CN(C(=O)CCC(N)=O)CCO1. The summed E-state index contributed by atoms with van der Waals surface area (Å²) in [5, 5.41) is 3.78. The van der Waals surface area contributed by atoms with Crippen LogP contribution in [0.15, 0.2) is 18.3 Å². The first-order valence-electron chi connectivity index (χ1n) is 9.22. The fraction of sp³-hybridized carbons (Fsp3) is 0.474. The highest BCUT2D eigenvalue weighted by molar-refractivity contribution is 7.20. The third kappa shape index (κ3) is 4.48. The van der Waals surface area contributed by atoms with Crippen molar-refractivity contribution < 1.29 is 19.1 Å². The number of ether oxygens (including phenoxy) is 1. The zero-order valence-electron chi connectivity index (χ0n) is 15.9. The summed E-state index contributed by atoms with van der Waals surface area (Å²) in [4.78, 5) is 43.5. The topological polar surface area (TPSA) is 115 Å². The van der Waals surface area contributed by atoms with Crippen LogP contribution in [-0.2, 0) is 14.3 Å². The van der Waals surface area contributed by atoms with E-state index in [-0.39, 0.29) is 30.7 Å². The summed E-state index contributed by atoms with van der Waals surface area (Å²) in [5.74, 6) is -0.813. The fourth-order valence-corrected chi connectivity index (χ4v) is 4.30. The number of fused-ring (bicyclic) bond motifs is 1. The molecule has 0 saturated carbocycles. The van der Waals surface area contributed by atoms with Crippen LogP contribution in [0.2, 0.25) is 0 Å². The number of rotatable bonds is 6. The number of morpholine rings is 1. The maximum atomic E-state index is 12.8. The largest absolute Gasteiger partial charge is 0.370 e. The lowest BCUT2D eigenvalue weighted by atomic mass is 10.0. The number of primary amides is 1. The number of thiophene rings is 1. The average molecular weight is 404 g/mol. The predicted molar refractivity (Wildman–Crippen MR) is 106 cm³/mol. The van der Waals surface area contributed by atoms with Gasteiger partial charge in [0.15, 0.2) is 0 Å². The maximum Gasteiger partial charge on any atom is 0.262 e. The Morgan fingerprint density at radius 3 is 2.89 bits per heavy atom. The molecule has 0 aromatic carbocycles. The van der Waals surface area contributed by atoms with E-state index in [0.29, 0.717) is 24.6 Å². The molecular weight excluding hydrogens is 380 g/mol. The molecule has 150 valence electrons. The van der Waals surface area contributed by atoms with E-state index in [4.69, 9.17) is 10.5 Å². The van der Waals surface area contributed by atoms with Crippen molar-refractivity contribution in [2.75, 3.05) is 19.7 Å². The smallest absolute Gasteiger partial charge is 0.262 e. The molecule has 0 spiro atoms. The summed E-state index contributed by atoms with van der Waals surface area (Å²) in [6.07, 6.45) is 1.36. The van der Waals surface area contributed by atoms with Crippen molar-refractivity contribution in [3.8, 4) is 0 Å². The average Bonchev–Trinajstić information content (AvgIpc) is 3.05. The lowest BCUT2D eigenvalue weighted by Crippen LogP contribution is -2.43. The van der Waals surface area contributed by atoms with E-state index in [1.165, 1.54) is 11.3 Å².